The number of hydrogen-bond acceptors (Lipinski definition) is 4. The molecule has 4 nitrogen and oxygen atoms in total. The molecule has 1 aliphatic heterocycles. The van der Waals surface area contributed by atoms with Crippen molar-refractivity contribution < 1.29 is 9.59 Å². The predicted molar refractivity (Wildman–Crippen MR) is 78.1 cm³/mol. The van der Waals surface area contributed by atoms with Crippen molar-refractivity contribution in [3.63, 3.8) is 0 Å². The van der Waals surface area contributed by atoms with E-state index < -0.39 is 5.37 Å². The second kappa shape index (κ2) is 5.65. The number of amides is 2. The van der Waals surface area contributed by atoms with Gasteiger partial charge < -0.3 is 5.32 Å². The molecule has 0 spiro atoms. The summed E-state index contributed by atoms with van der Waals surface area (Å²) in [6.07, 6.45) is 0. The van der Waals surface area contributed by atoms with Gasteiger partial charge in [-0.1, -0.05) is 26.0 Å². The first-order valence-electron chi connectivity index (χ1n) is 6.32. The molecule has 0 unspecified atom stereocenters. The summed E-state index contributed by atoms with van der Waals surface area (Å²) < 4.78 is 0. The maximum absolute atomic E-state index is 12.2. The van der Waals surface area contributed by atoms with Crippen LogP contribution in [0.25, 0.3) is 0 Å². The number of anilines is 1. The first kappa shape index (κ1) is 13.9. The molecule has 1 aromatic carbocycles. The molecule has 1 heterocycles. The zero-order valence-electron chi connectivity index (χ0n) is 11.3. The van der Waals surface area contributed by atoms with Crippen molar-refractivity contribution >= 4 is 28.6 Å². The van der Waals surface area contributed by atoms with Crippen LogP contribution in [0.2, 0.25) is 0 Å². The van der Waals surface area contributed by atoms with Crippen molar-refractivity contribution in [2.75, 3.05) is 11.9 Å². The van der Waals surface area contributed by atoms with Crippen molar-refractivity contribution in [1.29, 1.82) is 0 Å². The molecule has 0 saturated carbocycles. The van der Waals surface area contributed by atoms with Crippen molar-refractivity contribution in [3.05, 3.63) is 29.8 Å². The maximum Gasteiger partial charge on any atom is 0.290 e. The molecule has 0 aliphatic carbocycles. The molecular formula is C14H18N2O2S. The summed E-state index contributed by atoms with van der Waals surface area (Å²) in [5.41, 5.74) is 1.98. The highest BCUT2D eigenvalue weighted by molar-refractivity contribution is 8.15. The van der Waals surface area contributed by atoms with E-state index in [9.17, 15) is 9.59 Å². The molecule has 1 fully saturated rings. The molecule has 102 valence electrons. The van der Waals surface area contributed by atoms with Crippen LogP contribution in [-0.4, -0.2) is 28.0 Å². The van der Waals surface area contributed by atoms with Crippen molar-refractivity contribution in [2.45, 2.75) is 26.1 Å². The molecule has 19 heavy (non-hydrogen) atoms. The lowest BCUT2D eigenvalue weighted by Gasteiger charge is -2.16. The van der Waals surface area contributed by atoms with Crippen molar-refractivity contribution in [2.24, 2.45) is 5.92 Å². The van der Waals surface area contributed by atoms with Crippen LogP contribution < -0.4 is 5.32 Å². The summed E-state index contributed by atoms with van der Waals surface area (Å²) in [4.78, 5) is 25.3. The van der Waals surface area contributed by atoms with E-state index in [0.29, 0.717) is 6.54 Å². The molecule has 0 bridgehead atoms. The Labute approximate surface area is 117 Å². The molecule has 2 rings (SSSR count). The van der Waals surface area contributed by atoms with Gasteiger partial charge in [-0.25, -0.2) is 0 Å². The number of rotatable bonds is 4. The second-order valence-corrected chi connectivity index (χ2v) is 6.18. The zero-order chi connectivity index (χ0) is 14.0. The molecular weight excluding hydrogens is 260 g/mol. The minimum absolute atomic E-state index is 0.148. The Kier molecular flexibility index (Phi) is 4.14. The van der Waals surface area contributed by atoms with E-state index in [0.717, 1.165) is 23.0 Å². The summed E-state index contributed by atoms with van der Waals surface area (Å²) in [5, 5.41) is 2.45. The van der Waals surface area contributed by atoms with Gasteiger partial charge in [0.1, 0.15) is 0 Å². The number of carbonyl (C=O) groups is 2. The number of thioether (sulfide) groups is 1. The molecule has 0 aromatic heterocycles. The standard InChI is InChI=1S/C14H18N2O2S/c1-9(2)8-16-13(17)12(19-14(16)18)15-11-6-4-5-10(3)7-11/h4-7,9,12,15H,8H2,1-3H3/t12-/m0/s1. The van der Waals surface area contributed by atoms with Crippen LogP contribution in [0.3, 0.4) is 0 Å². The van der Waals surface area contributed by atoms with Gasteiger partial charge in [0, 0.05) is 12.2 Å². The maximum atomic E-state index is 12.2. The van der Waals surface area contributed by atoms with Crippen molar-refractivity contribution in [1.82, 2.24) is 4.90 Å². The number of carbonyl (C=O) groups excluding carboxylic acids is 2. The van der Waals surface area contributed by atoms with Gasteiger partial charge in [0.15, 0.2) is 5.37 Å². The lowest BCUT2D eigenvalue weighted by atomic mass is 10.2. The highest BCUT2D eigenvalue weighted by atomic mass is 32.2. The van der Waals surface area contributed by atoms with Crippen LogP contribution in [-0.2, 0) is 4.79 Å². The summed E-state index contributed by atoms with van der Waals surface area (Å²) in [7, 11) is 0. The van der Waals surface area contributed by atoms with Crippen LogP contribution in [0.1, 0.15) is 19.4 Å². The van der Waals surface area contributed by atoms with E-state index in [4.69, 9.17) is 0 Å². The Balaban J connectivity index is 2.07. The fourth-order valence-electron chi connectivity index (χ4n) is 1.95. The van der Waals surface area contributed by atoms with E-state index in [1.54, 1.807) is 0 Å². The molecule has 5 heteroatoms. The summed E-state index contributed by atoms with van der Waals surface area (Å²) in [6, 6.07) is 7.78. The number of aryl methyl sites for hydroxylation is 1. The van der Waals surface area contributed by atoms with Gasteiger partial charge in [0.25, 0.3) is 11.1 Å². The van der Waals surface area contributed by atoms with Gasteiger partial charge >= 0.3 is 0 Å². The van der Waals surface area contributed by atoms with E-state index in [1.807, 2.05) is 45.0 Å². The van der Waals surface area contributed by atoms with Gasteiger partial charge in [-0.15, -0.1) is 0 Å². The van der Waals surface area contributed by atoms with E-state index in [-0.39, 0.29) is 17.1 Å². The quantitative estimate of drug-likeness (QED) is 0.919. The van der Waals surface area contributed by atoms with Gasteiger partial charge in [-0.05, 0) is 42.3 Å². The van der Waals surface area contributed by atoms with Gasteiger partial charge in [-0.3, -0.25) is 14.5 Å². The Bertz CT molecular complexity index is 502. The number of nitrogens with one attached hydrogen (secondary N) is 1. The third-order valence-electron chi connectivity index (χ3n) is 2.79. The lowest BCUT2D eigenvalue weighted by Crippen LogP contribution is -2.36. The summed E-state index contributed by atoms with van der Waals surface area (Å²) >= 11 is 1.05. The van der Waals surface area contributed by atoms with E-state index >= 15 is 0 Å². The predicted octanol–water partition coefficient (Wildman–Crippen LogP) is 3.08. The molecule has 1 aromatic rings. The highest BCUT2D eigenvalue weighted by Gasteiger charge is 2.39. The zero-order valence-corrected chi connectivity index (χ0v) is 12.2. The van der Waals surface area contributed by atoms with E-state index in [1.165, 1.54) is 4.90 Å². The first-order chi connectivity index (χ1) is 8.97. The average Bonchev–Trinajstić information content (AvgIpc) is 2.57. The Hall–Kier alpha value is -1.49. The molecule has 0 radical (unpaired) electrons. The Morgan fingerprint density at radius 2 is 2.11 bits per heavy atom. The molecule has 1 aliphatic rings. The first-order valence-corrected chi connectivity index (χ1v) is 7.20. The van der Waals surface area contributed by atoms with Gasteiger partial charge in [0.2, 0.25) is 0 Å². The number of benzene rings is 1. The third kappa shape index (κ3) is 3.29. The third-order valence-corrected chi connectivity index (χ3v) is 3.77. The van der Waals surface area contributed by atoms with Crippen LogP contribution in [0.5, 0.6) is 0 Å². The normalized spacial score (nSPS) is 19.4. The van der Waals surface area contributed by atoms with Crippen LogP contribution in [0.15, 0.2) is 24.3 Å². The van der Waals surface area contributed by atoms with Crippen LogP contribution in [0, 0.1) is 12.8 Å². The molecule has 1 atom stereocenters. The van der Waals surface area contributed by atoms with E-state index in [2.05, 4.69) is 5.32 Å². The summed E-state index contributed by atoms with van der Waals surface area (Å²) in [5.74, 6) is 0.136. The minimum atomic E-state index is -0.506. The molecule has 1 saturated heterocycles. The minimum Gasteiger partial charge on any atom is -0.365 e. The van der Waals surface area contributed by atoms with Gasteiger partial charge in [-0.2, -0.15) is 0 Å². The van der Waals surface area contributed by atoms with Crippen molar-refractivity contribution in [3.8, 4) is 0 Å². The molecule has 1 N–H and O–H groups in total. The smallest absolute Gasteiger partial charge is 0.290 e. The SMILES string of the molecule is Cc1cccc(N[C@H]2SC(=O)N(CC(C)C)C2=O)c1. The molecule has 2 amide bonds. The van der Waals surface area contributed by atoms with Crippen LogP contribution >= 0.6 is 11.8 Å². The largest absolute Gasteiger partial charge is 0.365 e. The van der Waals surface area contributed by atoms with Gasteiger partial charge in [0.05, 0.1) is 0 Å². The lowest BCUT2D eigenvalue weighted by molar-refractivity contribution is -0.126. The fraction of sp³-hybridized carbons (Fsp3) is 0.429. The van der Waals surface area contributed by atoms with Crippen LogP contribution in [0.4, 0.5) is 10.5 Å². The number of imide groups is 1. The highest BCUT2D eigenvalue weighted by Crippen LogP contribution is 2.28. The monoisotopic (exact) mass is 278 g/mol. The number of nitrogens with zero attached hydrogens (tertiary/aromatic N) is 1. The fourth-order valence-corrected chi connectivity index (χ4v) is 2.87. The number of hydrogen-bond donors (Lipinski definition) is 1. The Morgan fingerprint density at radius 1 is 1.37 bits per heavy atom. The Morgan fingerprint density at radius 3 is 2.74 bits per heavy atom. The summed E-state index contributed by atoms with van der Waals surface area (Å²) in [6.45, 7) is 6.46. The average molecular weight is 278 g/mol. The second-order valence-electron chi connectivity index (χ2n) is 5.12. The topological polar surface area (TPSA) is 49.4 Å².